The number of nitrogens with zero attached hydrogens (tertiary/aromatic N) is 3. The molecule has 0 saturated carbocycles. The van der Waals surface area contributed by atoms with Crippen molar-refractivity contribution in [3.05, 3.63) is 35.9 Å². The van der Waals surface area contributed by atoms with Crippen LogP contribution in [0.4, 0.5) is 5.95 Å². The minimum atomic E-state index is -0.583. The fraction of sp³-hybridized carbons (Fsp3) is 0.143. The molecular formula is C14H14N6O3. The third kappa shape index (κ3) is 2.59. The summed E-state index contributed by atoms with van der Waals surface area (Å²) in [5.74, 6) is -0.335. The number of aromatic amines is 1. The van der Waals surface area contributed by atoms with Crippen molar-refractivity contribution in [2.45, 2.75) is 0 Å². The van der Waals surface area contributed by atoms with Crippen molar-refractivity contribution in [2.24, 2.45) is 12.8 Å². The molecule has 0 aliphatic carbocycles. The number of rotatable bonds is 4. The van der Waals surface area contributed by atoms with Crippen LogP contribution in [0.3, 0.4) is 0 Å². The Bertz CT molecular complexity index is 911. The summed E-state index contributed by atoms with van der Waals surface area (Å²) >= 11 is 0. The number of hydrogen-bond acceptors (Lipinski definition) is 5. The van der Waals surface area contributed by atoms with Gasteiger partial charge in [0.25, 0.3) is 5.91 Å². The number of methoxy groups -OCH3 is 1. The molecule has 0 saturated heterocycles. The molecule has 0 atom stereocenters. The van der Waals surface area contributed by atoms with E-state index in [2.05, 4.69) is 20.3 Å². The Morgan fingerprint density at radius 1 is 1.39 bits per heavy atom. The van der Waals surface area contributed by atoms with E-state index in [4.69, 9.17) is 10.5 Å². The normalized spacial score (nSPS) is 10.7. The van der Waals surface area contributed by atoms with Gasteiger partial charge in [-0.25, -0.2) is 9.97 Å². The molecule has 0 bridgehead atoms. The lowest BCUT2D eigenvalue weighted by Crippen LogP contribution is -2.16. The highest BCUT2D eigenvalue weighted by Crippen LogP contribution is 2.27. The number of hydrogen-bond donors (Lipinski definition) is 3. The topological polar surface area (TPSA) is 128 Å². The maximum atomic E-state index is 12.2. The molecule has 3 aromatic rings. The summed E-state index contributed by atoms with van der Waals surface area (Å²) in [5, 5.41) is 2.64. The zero-order valence-corrected chi connectivity index (χ0v) is 12.5. The molecule has 0 spiro atoms. The van der Waals surface area contributed by atoms with Gasteiger partial charge in [-0.1, -0.05) is 0 Å². The van der Waals surface area contributed by atoms with Crippen LogP contribution in [-0.4, -0.2) is 38.4 Å². The molecule has 1 aromatic carbocycles. The number of fused-ring (bicyclic) bond motifs is 1. The second kappa shape index (κ2) is 5.44. The molecule has 4 N–H and O–H groups in total. The lowest BCUT2D eigenvalue weighted by Gasteiger charge is -2.02. The maximum Gasteiger partial charge on any atom is 0.276 e. The predicted molar refractivity (Wildman–Crippen MR) is 82.3 cm³/mol. The largest absolute Gasteiger partial charge is 0.494 e. The van der Waals surface area contributed by atoms with Gasteiger partial charge in [0, 0.05) is 12.6 Å². The second-order valence-corrected chi connectivity index (χ2v) is 4.87. The SMILES string of the molecule is COc1cc(C(N)=O)cc2[nH]c(NC(=O)c3cncn3C)nc12. The number of benzene rings is 1. The minimum absolute atomic E-state index is 0.228. The predicted octanol–water partition coefficient (Wildman–Crippen LogP) is 0.656. The number of H-pyrrole nitrogens is 1. The smallest absolute Gasteiger partial charge is 0.276 e. The van der Waals surface area contributed by atoms with Gasteiger partial charge in [0.05, 0.1) is 25.2 Å². The number of anilines is 1. The van der Waals surface area contributed by atoms with Crippen molar-refractivity contribution in [3.8, 4) is 5.75 Å². The number of nitrogens with two attached hydrogens (primary N) is 1. The number of imidazole rings is 2. The molecular weight excluding hydrogens is 300 g/mol. The Labute approximate surface area is 130 Å². The highest BCUT2D eigenvalue weighted by molar-refractivity contribution is 6.03. The first-order chi connectivity index (χ1) is 11.0. The van der Waals surface area contributed by atoms with Crippen molar-refractivity contribution in [3.63, 3.8) is 0 Å². The van der Waals surface area contributed by atoms with Crippen molar-refractivity contribution < 1.29 is 14.3 Å². The third-order valence-electron chi connectivity index (χ3n) is 3.34. The molecule has 9 nitrogen and oxygen atoms in total. The Morgan fingerprint density at radius 3 is 2.78 bits per heavy atom. The first-order valence-electron chi connectivity index (χ1n) is 6.65. The Balaban J connectivity index is 1.98. The highest BCUT2D eigenvalue weighted by atomic mass is 16.5. The lowest BCUT2D eigenvalue weighted by molar-refractivity contribution is 0.0996. The van der Waals surface area contributed by atoms with Gasteiger partial charge < -0.3 is 20.0 Å². The van der Waals surface area contributed by atoms with Crippen LogP contribution in [0.2, 0.25) is 0 Å². The number of nitrogens with one attached hydrogen (secondary N) is 2. The maximum absolute atomic E-state index is 12.2. The summed E-state index contributed by atoms with van der Waals surface area (Å²) in [6, 6.07) is 3.05. The Hall–Kier alpha value is -3.36. The minimum Gasteiger partial charge on any atom is -0.494 e. The third-order valence-corrected chi connectivity index (χ3v) is 3.34. The van der Waals surface area contributed by atoms with Crippen LogP contribution in [0.5, 0.6) is 5.75 Å². The molecule has 0 fully saturated rings. The average molecular weight is 314 g/mol. The number of aryl methyl sites for hydroxylation is 1. The van der Waals surface area contributed by atoms with E-state index in [0.29, 0.717) is 22.5 Å². The van der Waals surface area contributed by atoms with Crippen molar-refractivity contribution in [2.75, 3.05) is 12.4 Å². The van der Waals surface area contributed by atoms with Crippen molar-refractivity contribution >= 4 is 28.8 Å². The van der Waals surface area contributed by atoms with Gasteiger partial charge in [0.15, 0.2) is 0 Å². The average Bonchev–Trinajstić information content (AvgIpc) is 3.11. The molecule has 0 radical (unpaired) electrons. The highest BCUT2D eigenvalue weighted by Gasteiger charge is 2.16. The van der Waals surface area contributed by atoms with Gasteiger partial charge in [-0.15, -0.1) is 0 Å². The monoisotopic (exact) mass is 314 g/mol. The number of carbonyl (C=O) groups excluding carboxylic acids is 2. The fourth-order valence-electron chi connectivity index (χ4n) is 2.19. The van der Waals surface area contributed by atoms with E-state index < -0.39 is 5.91 Å². The van der Waals surface area contributed by atoms with Crippen LogP contribution in [0.25, 0.3) is 11.0 Å². The van der Waals surface area contributed by atoms with Crippen LogP contribution in [0.1, 0.15) is 20.8 Å². The molecule has 2 heterocycles. The standard InChI is InChI=1S/C14H14N6O3/c1-20-6-16-5-9(20)13(22)19-14-17-8-3-7(12(15)21)4-10(23-2)11(8)18-14/h3-6H,1-2H3,(H2,15,21)(H2,17,18,19,22). The Kier molecular flexibility index (Phi) is 3.45. The summed E-state index contributed by atoms with van der Waals surface area (Å²) < 4.78 is 6.80. The summed E-state index contributed by atoms with van der Waals surface area (Å²) in [7, 11) is 3.17. The van der Waals surface area contributed by atoms with Gasteiger partial charge in [0.1, 0.15) is 17.0 Å². The molecule has 0 aliphatic rings. The van der Waals surface area contributed by atoms with Crippen molar-refractivity contribution in [1.82, 2.24) is 19.5 Å². The molecule has 23 heavy (non-hydrogen) atoms. The number of aromatic nitrogens is 4. The Morgan fingerprint density at radius 2 is 2.17 bits per heavy atom. The summed E-state index contributed by atoms with van der Waals surface area (Å²) in [5.41, 5.74) is 6.96. The second-order valence-electron chi connectivity index (χ2n) is 4.87. The molecule has 0 unspecified atom stereocenters. The molecule has 9 heteroatoms. The summed E-state index contributed by atoms with van der Waals surface area (Å²) in [4.78, 5) is 34.6. The van der Waals surface area contributed by atoms with E-state index in [1.165, 1.54) is 25.7 Å². The molecule has 2 aromatic heterocycles. The van der Waals surface area contributed by atoms with E-state index >= 15 is 0 Å². The lowest BCUT2D eigenvalue weighted by atomic mass is 10.2. The molecule has 118 valence electrons. The van der Waals surface area contributed by atoms with E-state index in [1.807, 2.05) is 0 Å². The van der Waals surface area contributed by atoms with Gasteiger partial charge in [-0.2, -0.15) is 0 Å². The van der Waals surface area contributed by atoms with E-state index in [1.54, 1.807) is 17.7 Å². The van der Waals surface area contributed by atoms with Crippen LogP contribution in [0, 0.1) is 0 Å². The molecule has 3 rings (SSSR count). The van der Waals surface area contributed by atoms with Gasteiger partial charge in [0.2, 0.25) is 11.9 Å². The zero-order chi connectivity index (χ0) is 16.6. The van der Waals surface area contributed by atoms with E-state index in [9.17, 15) is 9.59 Å². The number of ether oxygens (including phenoxy) is 1. The molecule has 0 aliphatic heterocycles. The van der Waals surface area contributed by atoms with Gasteiger partial charge in [-0.3, -0.25) is 14.9 Å². The van der Waals surface area contributed by atoms with Gasteiger partial charge in [-0.05, 0) is 12.1 Å². The number of primary amides is 1. The number of amides is 2. The van der Waals surface area contributed by atoms with Crippen LogP contribution in [0.15, 0.2) is 24.7 Å². The van der Waals surface area contributed by atoms with Crippen LogP contribution >= 0.6 is 0 Å². The summed E-state index contributed by atoms with van der Waals surface area (Å²) in [6.45, 7) is 0. The van der Waals surface area contributed by atoms with Crippen LogP contribution < -0.4 is 15.8 Å². The zero-order valence-electron chi connectivity index (χ0n) is 12.5. The fourth-order valence-corrected chi connectivity index (χ4v) is 2.19. The number of carbonyl (C=O) groups is 2. The van der Waals surface area contributed by atoms with Crippen molar-refractivity contribution in [1.29, 1.82) is 0 Å². The van der Waals surface area contributed by atoms with E-state index in [0.717, 1.165) is 0 Å². The first kappa shape index (κ1) is 14.6. The molecule has 2 amide bonds. The van der Waals surface area contributed by atoms with E-state index in [-0.39, 0.29) is 17.4 Å². The summed E-state index contributed by atoms with van der Waals surface area (Å²) in [6.07, 6.45) is 2.97. The quantitative estimate of drug-likeness (QED) is 0.651. The first-order valence-corrected chi connectivity index (χ1v) is 6.65. The van der Waals surface area contributed by atoms with Gasteiger partial charge >= 0.3 is 0 Å². The van der Waals surface area contributed by atoms with Crippen LogP contribution in [-0.2, 0) is 7.05 Å².